The average molecular weight is 189 g/mol. The van der Waals surface area contributed by atoms with Crippen molar-refractivity contribution in [2.24, 2.45) is 5.73 Å². The van der Waals surface area contributed by atoms with Gasteiger partial charge >= 0.3 is 0 Å². The first kappa shape index (κ1) is 8.83. The minimum absolute atomic E-state index is 0.369. The molecule has 0 fully saturated rings. The molecule has 0 aliphatic carbocycles. The summed E-state index contributed by atoms with van der Waals surface area (Å²) in [5.74, 6) is 0.734. The zero-order valence-corrected chi connectivity index (χ0v) is 7.88. The van der Waals surface area contributed by atoms with E-state index in [1.165, 1.54) is 6.33 Å². The van der Waals surface area contributed by atoms with Gasteiger partial charge in [-0.15, -0.1) is 0 Å². The van der Waals surface area contributed by atoms with Gasteiger partial charge in [-0.2, -0.15) is 5.10 Å². The van der Waals surface area contributed by atoms with Gasteiger partial charge in [0.2, 0.25) is 0 Å². The van der Waals surface area contributed by atoms with Crippen LogP contribution in [0.5, 0.6) is 0 Å². The number of hydrogen-bond donors (Lipinski definition) is 1. The number of aryl methyl sites for hydroxylation is 1. The number of pyridine rings is 1. The fourth-order valence-electron chi connectivity index (χ4n) is 1.28. The Bertz CT molecular complexity index is 434. The van der Waals surface area contributed by atoms with E-state index in [4.69, 9.17) is 5.73 Å². The van der Waals surface area contributed by atoms with Crippen LogP contribution in [0.15, 0.2) is 24.8 Å². The lowest BCUT2D eigenvalue weighted by atomic mass is 10.3. The molecule has 0 spiro atoms. The monoisotopic (exact) mass is 189 g/mol. The van der Waals surface area contributed by atoms with Crippen molar-refractivity contribution in [2.75, 3.05) is 0 Å². The SMILES string of the molecule is Cc1cncc(-n2ncnc2CN)c1. The molecular weight excluding hydrogens is 178 g/mol. The Morgan fingerprint density at radius 2 is 2.29 bits per heavy atom. The first-order valence-electron chi connectivity index (χ1n) is 4.32. The second-order valence-electron chi connectivity index (χ2n) is 3.01. The van der Waals surface area contributed by atoms with E-state index in [-0.39, 0.29) is 0 Å². The molecular formula is C9H11N5. The van der Waals surface area contributed by atoms with Crippen molar-refractivity contribution in [3.05, 3.63) is 36.2 Å². The molecule has 0 saturated heterocycles. The minimum atomic E-state index is 0.369. The van der Waals surface area contributed by atoms with E-state index in [9.17, 15) is 0 Å². The third kappa shape index (κ3) is 1.49. The van der Waals surface area contributed by atoms with E-state index in [0.717, 1.165) is 17.1 Å². The largest absolute Gasteiger partial charge is 0.324 e. The summed E-state index contributed by atoms with van der Waals surface area (Å²) >= 11 is 0. The van der Waals surface area contributed by atoms with Gasteiger partial charge in [0.15, 0.2) is 0 Å². The molecule has 2 aromatic heterocycles. The van der Waals surface area contributed by atoms with E-state index in [2.05, 4.69) is 15.1 Å². The molecule has 72 valence electrons. The predicted octanol–water partition coefficient (Wildman–Crippen LogP) is 0.429. The highest BCUT2D eigenvalue weighted by Crippen LogP contribution is 2.08. The van der Waals surface area contributed by atoms with Crippen molar-refractivity contribution in [1.82, 2.24) is 19.7 Å². The van der Waals surface area contributed by atoms with Crippen molar-refractivity contribution in [1.29, 1.82) is 0 Å². The average Bonchev–Trinajstić information content (AvgIpc) is 2.65. The van der Waals surface area contributed by atoms with Crippen LogP contribution in [0.3, 0.4) is 0 Å². The van der Waals surface area contributed by atoms with Crippen molar-refractivity contribution in [3.63, 3.8) is 0 Å². The standard InChI is InChI=1S/C9H11N5/c1-7-2-8(5-11-4-7)14-9(3-10)12-6-13-14/h2,4-6H,3,10H2,1H3. The van der Waals surface area contributed by atoms with Crippen LogP contribution in [-0.4, -0.2) is 19.7 Å². The maximum absolute atomic E-state index is 5.53. The van der Waals surface area contributed by atoms with E-state index in [1.807, 2.05) is 13.0 Å². The van der Waals surface area contributed by atoms with Crippen molar-refractivity contribution < 1.29 is 0 Å². The lowest BCUT2D eigenvalue weighted by Crippen LogP contribution is -2.08. The number of nitrogens with two attached hydrogens (primary N) is 1. The molecule has 0 saturated carbocycles. The van der Waals surface area contributed by atoms with E-state index >= 15 is 0 Å². The Morgan fingerprint density at radius 1 is 1.43 bits per heavy atom. The lowest BCUT2D eigenvalue weighted by molar-refractivity contribution is 0.785. The molecule has 0 unspecified atom stereocenters. The summed E-state index contributed by atoms with van der Waals surface area (Å²) in [5, 5.41) is 4.08. The van der Waals surface area contributed by atoms with Crippen molar-refractivity contribution in [3.8, 4) is 5.69 Å². The molecule has 2 heterocycles. The second kappa shape index (κ2) is 3.55. The zero-order valence-electron chi connectivity index (χ0n) is 7.88. The molecule has 0 amide bonds. The van der Waals surface area contributed by atoms with Crippen LogP contribution in [0.1, 0.15) is 11.4 Å². The Balaban J connectivity index is 2.49. The summed E-state index contributed by atoms with van der Waals surface area (Å²) in [4.78, 5) is 8.13. The molecule has 2 N–H and O–H groups in total. The predicted molar refractivity (Wildman–Crippen MR) is 51.8 cm³/mol. The van der Waals surface area contributed by atoms with Gasteiger partial charge in [0, 0.05) is 6.20 Å². The van der Waals surface area contributed by atoms with Crippen LogP contribution >= 0.6 is 0 Å². The number of rotatable bonds is 2. The summed E-state index contributed by atoms with van der Waals surface area (Å²) in [6, 6.07) is 1.99. The normalized spacial score (nSPS) is 10.4. The van der Waals surface area contributed by atoms with Gasteiger partial charge in [0.25, 0.3) is 0 Å². The van der Waals surface area contributed by atoms with Gasteiger partial charge in [0.1, 0.15) is 12.2 Å². The molecule has 0 aliphatic heterocycles. The highest BCUT2D eigenvalue weighted by molar-refractivity contribution is 5.31. The molecule has 5 heteroatoms. The number of aromatic nitrogens is 4. The molecule has 2 aromatic rings. The van der Waals surface area contributed by atoms with Crippen LogP contribution in [0.25, 0.3) is 5.69 Å². The molecule has 2 rings (SSSR count). The maximum Gasteiger partial charge on any atom is 0.146 e. The second-order valence-corrected chi connectivity index (χ2v) is 3.01. The smallest absolute Gasteiger partial charge is 0.146 e. The van der Waals surface area contributed by atoms with Crippen LogP contribution in [0.2, 0.25) is 0 Å². The summed E-state index contributed by atoms with van der Waals surface area (Å²) < 4.78 is 1.69. The van der Waals surface area contributed by atoms with Crippen LogP contribution < -0.4 is 5.73 Å². The third-order valence-corrected chi connectivity index (χ3v) is 1.91. The molecule has 0 radical (unpaired) electrons. The molecule has 5 nitrogen and oxygen atoms in total. The van der Waals surface area contributed by atoms with Crippen molar-refractivity contribution in [2.45, 2.75) is 13.5 Å². The van der Waals surface area contributed by atoms with Gasteiger partial charge in [-0.3, -0.25) is 4.98 Å². The first-order valence-corrected chi connectivity index (χ1v) is 4.32. The highest BCUT2D eigenvalue weighted by atomic mass is 15.3. The van der Waals surface area contributed by atoms with Gasteiger partial charge < -0.3 is 5.73 Å². The lowest BCUT2D eigenvalue weighted by Gasteiger charge is -2.03. The van der Waals surface area contributed by atoms with Gasteiger partial charge in [-0.05, 0) is 18.6 Å². The topological polar surface area (TPSA) is 69.6 Å². The third-order valence-electron chi connectivity index (χ3n) is 1.91. The molecule has 0 atom stereocenters. The van der Waals surface area contributed by atoms with Crippen LogP contribution in [0.4, 0.5) is 0 Å². The van der Waals surface area contributed by atoms with Crippen LogP contribution in [0, 0.1) is 6.92 Å². The first-order chi connectivity index (χ1) is 6.81. The van der Waals surface area contributed by atoms with E-state index < -0.39 is 0 Å². The maximum atomic E-state index is 5.53. The van der Waals surface area contributed by atoms with Gasteiger partial charge in [-0.25, -0.2) is 9.67 Å². The quantitative estimate of drug-likeness (QED) is 0.743. The fourth-order valence-corrected chi connectivity index (χ4v) is 1.28. The number of hydrogen-bond acceptors (Lipinski definition) is 4. The van der Waals surface area contributed by atoms with Gasteiger partial charge in [0.05, 0.1) is 18.4 Å². The summed E-state index contributed by atoms with van der Waals surface area (Å²) in [6.07, 6.45) is 5.02. The minimum Gasteiger partial charge on any atom is -0.324 e. The number of nitrogens with zero attached hydrogens (tertiary/aromatic N) is 4. The van der Waals surface area contributed by atoms with E-state index in [1.54, 1.807) is 17.1 Å². The van der Waals surface area contributed by atoms with Crippen molar-refractivity contribution >= 4 is 0 Å². The molecule has 0 aromatic carbocycles. The Hall–Kier alpha value is -1.75. The molecule has 0 bridgehead atoms. The Labute approximate surface area is 81.6 Å². The Kier molecular flexibility index (Phi) is 2.24. The zero-order chi connectivity index (χ0) is 9.97. The van der Waals surface area contributed by atoms with Gasteiger partial charge in [-0.1, -0.05) is 0 Å². The molecule has 14 heavy (non-hydrogen) atoms. The summed E-state index contributed by atoms with van der Waals surface area (Å²) in [6.45, 7) is 2.35. The van der Waals surface area contributed by atoms with Crippen LogP contribution in [-0.2, 0) is 6.54 Å². The summed E-state index contributed by atoms with van der Waals surface area (Å²) in [7, 11) is 0. The fraction of sp³-hybridized carbons (Fsp3) is 0.222. The van der Waals surface area contributed by atoms with E-state index in [0.29, 0.717) is 6.54 Å². The Morgan fingerprint density at radius 3 is 3.00 bits per heavy atom. The summed E-state index contributed by atoms with van der Waals surface area (Å²) in [5.41, 5.74) is 7.50. The molecule has 0 aliphatic rings. The highest BCUT2D eigenvalue weighted by Gasteiger charge is 2.04.